The fraction of sp³-hybridized carbons (Fsp3) is 0.200. The van der Waals surface area contributed by atoms with Crippen molar-refractivity contribution in [3.8, 4) is 0 Å². The number of nitrogens with zero attached hydrogens (tertiary/aromatic N) is 3. The summed E-state index contributed by atoms with van der Waals surface area (Å²) in [4.78, 5) is 11.4. The fourth-order valence-electron chi connectivity index (χ4n) is 3.15. The Balaban J connectivity index is 1.58. The minimum absolute atomic E-state index is 0.757. The van der Waals surface area contributed by atoms with E-state index in [1.54, 1.807) is 0 Å². The first-order valence-corrected chi connectivity index (χ1v) is 8.28. The monoisotopic (exact) mass is 316 g/mol. The lowest BCUT2D eigenvalue weighted by Gasteiger charge is -2.19. The number of para-hydroxylation sites is 1. The van der Waals surface area contributed by atoms with E-state index in [1.807, 2.05) is 19.1 Å². The third-order valence-electron chi connectivity index (χ3n) is 4.30. The van der Waals surface area contributed by atoms with E-state index in [2.05, 4.69) is 68.7 Å². The number of fused-ring (bicyclic) bond motifs is 1. The molecule has 4 nitrogen and oxygen atoms in total. The van der Waals surface area contributed by atoms with Gasteiger partial charge in [0.2, 0.25) is 0 Å². The fourth-order valence-corrected chi connectivity index (χ4v) is 3.15. The molecule has 2 heterocycles. The second kappa shape index (κ2) is 6.32. The van der Waals surface area contributed by atoms with Crippen LogP contribution >= 0.6 is 0 Å². The SMILES string of the molecule is Cc1nc(NCc2ccccc2)cc(N2CCc3ccccc32)n1. The molecule has 4 heteroatoms. The summed E-state index contributed by atoms with van der Waals surface area (Å²) in [6.07, 6.45) is 1.06. The molecule has 0 atom stereocenters. The number of aromatic nitrogens is 2. The summed E-state index contributed by atoms with van der Waals surface area (Å²) in [5.74, 6) is 2.61. The van der Waals surface area contributed by atoms with Gasteiger partial charge >= 0.3 is 0 Å². The van der Waals surface area contributed by atoms with Crippen molar-refractivity contribution in [1.29, 1.82) is 0 Å². The second-order valence-electron chi connectivity index (χ2n) is 6.03. The minimum Gasteiger partial charge on any atom is -0.366 e. The van der Waals surface area contributed by atoms with E-state index >= 15 is 0 Å². The summed E-state index contributed by atoms with van der Waals surface area (Å²) in [5.41, 5.74) is 3.87. The lowest BCUT2D eigenvalue weighted by atomic mass is 10.2. The van der Waals surface area contributed by atoms with Crippen molar-refractivity contribution in [3.05, 3.63) is 77.6 Å². The standard InChI is InChI=1S/C20H20N4/c1-15-22-19(21-14-16-7-3-2-4-8-16)13-20(23-15)24-12-11-17-9-5-6-10-18(17)24/h2-10,13H,11-12,14H2,1H3,(H,21,22,23). The number of hydrogen-bond acceptors (Lipinski definition) is 4. The first kappa shape index (κ1) is 14.7. The summed E-state index contributed by atoms with van der Waals surface area (Å²) in [7, 11) is 0. The molecule has 0 radical (unpaired) electrons. The van der Waals surface area contributed by atoms with Crippen LogP contribution in [0.4, 0.5) is 17.3 Å². The number of hydrogen-bond donors (Lipinski definition) is 1. The molecule has 0 saturated heterocycles. The summed E-state index contributed by atoms with van der Waals surface area (Å²) in [5, 5.41) is 3.41. The van der Waals surface area contributed by atoms with Gasteiger partial charge in [0.1, 0.15) is 17.5 Å². The van der Waals surface area contributed by atoms with E-state index in [9.17, 15) is 0 Å². The van der Waals surface area contributed by atoms with Gasteiger partial charge < -0.3 is 10.2 Å². The number of benzene rings is 2. The van der Waals surface area contributed by atoms with Crippen LogP contribution in [0.2, 0.25) is 0 Å². The Labute approximate surface area is 142 Å². The van der Waals surface area contributed by atoms with Crippen LogP contribution in [0.15, 0.2) is 60.7 Å². The third kappa shape index (κ3) is 2.95. The quantitative estimate of drug-likeness (QED) is 0.787. The van der Waals surface area contributed by atoms with Crippen LogP contribution in [-0.2, 0) is 13.0 Å². The molecule has 0 spiro atoms. The van der Waals surface area contributed by atoms with Crippen LogP contribution in [0.1, 0.15) is 17.0 Å². The molecule has 120 valence electrons. The van der Waals surface area contributed by atoms with Crippen LogP contribution in [0.25, 0.3) is 0 Å². The molecule has 4 rings (SSSR count). The Morgan fingerprint density at radius 2 is 1.79 bits per heavy atom. The van der Waals surface area contributed by atoms with Gasteiger partial charge in [-0.05, 0) is 30.5 Å². The predicted molar refractivity (Wildman–Crippen MR) is 97.7 cm³/mol. The average Bonchev–Trinajstić information content (AvgIpc) is 3.05. The third-order valence-corrected chi connectivity index (χ3v) is 4.30. The molecule has 0 saturated carbocycles. The zero-order chi connectivity index (χ0) is 16.4. The predicted octanol–water partition coefficient (Wildman–Crippen LogP) is 4.09. The Hall–Kier alpha value is -2.88. The van der Waals surface area contributed by atoms with Gasteiger partial charge in [-0.25, -0.2) is 9.97 Å². The lowest BCUT2D eigenvalue weighted by molar-refractivity contribution is 0.941. The molecule has 0 fully saturated rings. The van der Waals surface area contributed by atoms with E-state index in [4.69, 9.17) is 0 Å². The summed E-state index contributed by atoms with van der Waals surface area (Å²) >= 11 is 0. The van der Waals surface area contributed by atoms with Crippen LogP contribution in [0, 0.1) is 6.92 Å². The van der Waals surface area contributed by atoms with Gasteiger partial charge in [-0.15, -0.1) is 0 Å². The smallest absolute Gasteiger partial charge is 0.138 e. The van der Waals surface area contributed by atoms with Crippen molar-refractivity contribution in [2.24, 2.45) is 0 Å². The Bertz CT molecular complexity index is 845. The topological polar surface area (TPSA) is 41.1 Å². The van der Waals surface area contributed by atoms with Gasteiger partial charge in [0, 0.05) is 24.8 Å². The highest BCUT2D eigenvalue weighted by molar-refractivity contribution is 5.68. The normalized spacial score (nSPS) is 13.0. The molecule has 3 aromatic rings. The molecule has 0 aliphatic carbocycles. The number of nitrogens with one attached hydrogen (secondary N) is 1. The molecule has 1 aromatic heterocycles. The first-order chi connectivity index (χ1) is 11.8. The number of aryl methyl sites for hydroxylation is 1. The first-order valence-electron chi connectivity index (χ1n) is 8.28. The van der Waals surface area contributed by atoms with Crippen molar-refractivity contribution in [2.75, 3.05) is 16.8 Å². The van der Waals surface area contributed by atoms with Gasteiger partial charge in [0.25, 0.3) is 0 Å². The van der Waals surface area contributed by atoms with Crippen LogP contribution in [-0.4, -0.2) is 16.5 Å². The molecular formula is C20H20N4. The number of rotatable bonds is 4. The van der Waals surface area contributed by atoms with E-state index < -0.39 is 0 Å². The maximum atomic E-state index is 4.64. The highest BCUT2D eigenvalue weighted by Gasteiger charge is 2.21. The van der Waals surface area contributed by atoms with Gasteiger partial charge in [-0.3, -0.25) is 0 Å². The molecule has 0 amide bonds. The Morgan fingerprint density at radius 1 is 1.00 bits per heavy atom. The zero-order valence-electron chi connectivity index (χ0n) is 13.7. The van der Waals surface area contributed by atoms with Crippen molar-refractivity contribution >= 4 is 17.3 Å². The molecule has 1 aliphatic rings. The summed E-state index contributed by atoms with van der Waals surface area (Å²) in [6.45, 7) is 3.67. The summed E-state index contributed by atoms with van der Waals surface area (Å²) < 4.78 is 0. The van der Waals surface area contributed by atoms with Crippen molar-refractivity contribution < 1.29 is 0 Å². The zero-order valence-corrected chi connectivity index (χ0v) is 13.7. The molecule has 0 unspecified atom stereocenters. The molecule has 0 bridgehead atoms. The van der Waals surface area contributed by atoms with E-state index in [1.165, 1.54) is 16.8 Å². The highest BCUT2D eigenvalue weighted by atomic mass is 15.2. The van der Waals surface area contributed by atoms with Crippen LogP contribution in [0.3, 0.4) is 0 Å². The van der Waals surface area contributed by atoms with Gasteiger partial charge in [-0.1, -0.05) is 48.5 Å². The maximum Gasteiger partial charge on any atom is 0.138 e. The molecular weight excluding hydrogens is 296 g/mol. The second-order valence-corrected chi connectivity index (χ2v) is 6.03. The van der Waals surface area contributed by atoms with Crippen molar-refractivity contribution in [3.63, 3.8) is 0 Å². The highest BCUT2D eigenvalue weighted by Crippen LogP contribution is 2.33. The molecule has 2 aromatic carbocycles. The average molecular weight is 316 g/mol. The van der Waals surface area contributed by atoms with E-state index in [0.29, 0.717) is 0 Å². The largest absolute Gasteiger partial charge is 0.366 e. The van der Waals surface area contributed by atoms with Gasteiger partial charge in [-0.2, -0.15) is 0 Å². The van der Waals surface area contributed by atoms with Crippen LogP contribution < -0.4 is 10.2 Å². The Kier molecular flexibility index (Phi) is 3.87. The summed E-state index contributed by atoms with van der Waals surface area (Å²) in [6, 6.07) is 20.9. The molecule has 1 aliphatic heterocycles. The molecule has 24 heavy (non-hydrogen) atoms. The van der Waals surface area contributed by atoms with Crippen LogP contribution in [0.5, 0.6) is 0 Å². The Morgan fingerprint density at radius 3 is 2.67 bits per heavy atom. The van der Waals surface area contributed by atoms with Crippen molar-refractivity contribution in [1.82, 2.24) is 9.97 Å². The van der Waals surface area contributed by atoms with E-state index in [-0.39, 0.29) is 0 Å². The van der Waals surface area contributed by atoms with Crippen molar-refractivity contribution in [2.45, 2.75) is 19.9 Å². The van der Waals surface area contributed by atoms with Gasteiger partial charge in [0.15, 0.2) is 0 Å². The molecule has 1 N–H and O–H groups in total. The van der Waals surface area contributed by atoms with E-state index in [0.717, 1.165) is 37.0 Å². The lowest BCUT2D eigenvalue weighted by Crippen LogP contribution is -2.16. The van der Waals surface area contributed by atoms with Gasteiger partial charge in [0.05, 0.1) is 0 Å². The minimum atomic E-state index is 0.757. The maximum absolute atomic E-state index is 4.64. The number of anilines is 3.